The van der Waals surface area contributed by atoms with Gasteiger partial charge in [-0.2, -0.15) is 0 Å². The standard InChI is InChI=1S/C54H55NO5/c55-47(59-48(56)21-11-7-3-1-5-9-15-37-23-25-43-29-27-39-17-13-19-41-31-33-45(37)53(43)51(39)41)35-36-50(58)60-49(57)22-12-8-4-2-6-10-16-38-24-26-44-30-28-40-18-14-20-42-32-34-46(38)54(44)52(40)42/h13-14,17-20,23-34,55H,1-12,15-16,21-22,35-36H2. The Balaban J connectivity index is 0.631. The Bertz CT molecular complexity index is 2540. The SMILES string of the molecule is N=C(CCC(=O)OC(=O)CCCCCCCCc1ccc2ccc3cccc4ccc1c2c34)OC(=O)CCCCCCCCc1ccc2ccc3cccc4ccc1c2c34. The molecule has 0 aromatic heterocycles. The molecular weight excluding hydrogens is 743 g/mol. The smallest absolute Gasteiger partial charge is 0.313 e. The van der Waals surface area contributed by atoms with Gasteiger partial charge in [0.2, 0.25) is 0 Å². The summed E-state index contributed by atoms with van der Waals surface area (Å²) < 4.78 is 10.1. The van der Waals surface area contributed by atoms with Gasteiger partial charge in [0, 0.05) is 19.3 Å². The highest BCUT2D eigenvalue weighted by molar-refractivity contribution is 6.24. The fourth-order valence-electron chi connectivity index (χ4n) is 9.30. The lowest BCUT2D eigenvalue weighted by Gasteiger charge is -2.14. The average molecular weight is 798 g/mol. The Kier molecular flexibility index (Phi) is 13.3. The molecule has 0 fully saturated rings. The zero-order chi connectivity index (χ0) is 41.3. The lowest BCUT2D eigenvalue weighted by Crippen LogP contribution is -2.16. The number of rotatable bonds is 21. The molecule has 0 aliphatic carbocycles. The quantitative estimate of drug-likeness (QED) is 0.0195. The molecule has 0 spiro atoms. The first kappa shape index (κ1) is 40.9. The van der Waals surface area contributed by atoms with E-state index in [0.717, 1.165) is 77.0 Å². The summed E-state index contributed by atoms with van der Waals surface area (Å²) in [6.07, 6.45) is 14.4. The van der Waals surface area contributed by atoms with Crippen molar-refractivity contribution in [3.8, 4) is 0 Å². The number of esters is 3. The molecule has 8 aromatic rings. The molecule has 6 nitrogen and oxygen atoms in total. The van der Waals surface area contributed by atoms with Crippen molar-refractivity contribution < 1.29 is 23.9 Å². The predicted octanol–water partition coefficient (Wildman–Crippen LogP) is 14.1. The van der Waals surface area contributed by atoms with Crippen LogP contribution in [0.25, 0.3) is 64.6 Å². The highest BCUT2D eigenvalue weighted by Gasteiger charge is 2.15. The fourth-order valence-corrected chi connectivity index (χ4v) is 9.30. The van der Waals surface area contributed by atoms with Crippen molar-refractivity contribution >= 4 is 88.4 Å². The highest BCUT2D eigenvalue weighted by Crippen LogP contribution is 2.38. The van der Waals surface area contributed by atoms with Crippen molar-refractivity contribution in [2.45, 2.75) is 116 Å². The molecule has 8 rings (SSSR count). The van der Waals surface area contributed by atoms with Gasteiger partial charge in [-0.3, -0.25) is 19.8 Å². The molecule has 0 aliphatic rings. The summed E-state index contributed by atoms with van der Waals surface area (Å²) in [5, 5.41) is 23.9. The molecule has 60 heavy (non-hydrogen) atoms. The Morgan fingerprint density at radius 2 is 0.700 bits per heavy atom. The van der Waals surface area contributed by atoms with Gasteiger partial charge in [-0.25, -0.2) is 0 Å². The number of carbonyl (C=O) groups is 3. The normalized spacial score (nSPS) is 11.8. The summed E-state index contributed by atoms with van der Waals surface area (Å²) in [5.74, 6) is -1.95. The van der Waals surface area contributed by atoms with E-state index in [4.69, 9.17) is 14.9 Å². The van der Waals surface area contributed by atoms with Crippen molar-refractivity contribution in [2.24, 2.45) is 0 Å². The number of carbonyl (C=O) groups excluding carboxylic acids is 3. The number of hydrogen-bond acceptors (Lipinski definition) is 6. The van der Waals surface area contributed by atoms with Crippen LogP contribution in [0.4, 0.5) is 0 Å². The lowest BCUT2D eigenvalue weighted by atomic mass is 9.90. The largest absolute Gasteiger partial charge is 0.412 e. The summed E-state index contributed by atoms with van der Waals surface area (Å²) >= 11 is 0. The topological polar surface area (TPSA) is 93.5 Å². The Morgan fingerprint density at radius 3 is 1.17 bits per heavy atom. The third-order valence-electron chi connectivity index (χ3n) is 12.4. The molecule has 1 N–H and O–H groups in total. The molecule has 0 saturated heterocycles. The molecule has 0 saturated carbocycles. The zero-order valence-electron chi connectivity index (χ0n) is 34.7. The van der Waals surface area contributed by atoms with E-state index in [1.165, 1.54) is 75.8 Å². The van der Waals surface area contributed by atoms with Crippen molar-refractivity contribution in [2.75, 3.05) is 0 Å². The molecule has 0 unspecified atom stereocenters. The van der Waals surface area contributed by atoms with Gasteiger partial charge in [0.05, 0.1) is 6.42 Å². The third-order valence-corrected chi connectivity index (χ3v) is 12.4. The monoisotopic (exact) mass is 797 g/mol. The Morgan fingerprint density at radius 1 is 0.350 bits per heavy atom. The lowest BCUT2D eigenvalue weighted by molar-refractivity contribution is -0.159. The second-order valence-electron chi connectivity index (χ2n) is 16.6. The van der Waals surface area contributed by atoms with Crippen LogP contribution in [-0.4, -0.2) is 23.8 Å². The molecule has 0 heterocycles. The predicted molar refractivity (Wildman–Crippen MR) is 246 cm³/mol. The van der Waals surface area contributed by atoms with Gasteiger partial charge >= 0.3 is 17.9 Å². The van der Waals surface area contributed by atoms with Crippen LogP contribution in [-0.2, 0) is 36.7 Å². The maximum atomic E-state index is 12.3. The van der Waals surface area contributed by atoms with Crippen molar-refractivity contribution in [3.05, 3.63) is 120 Å². The van der Waals surface area contributed by atoms with Gasteiger partial charge in [-0.05, 0) is 114 Å². The zero-order valence-corrected chi connectivity index (χ0v) is 34.7. The first-order valence-corrected chi connectivity index (χ1v) is 22.3. The number of benzene rings is 8. The van der Waals surface area contributed by atoms with Crippen LogP contribution < -0.4 is 0 Å². The second kappa shape index (κ2) is 19.5. The summed E-state index contributed by atoms with van der Waals surface area (Å²) in [5.41, 5.74) is 2.81. The Labute approximate surface area is 352 Å². The maximum Gasteiger partial charge on any atom is 0.313 e. The van der Waals surface area contributed by atoms with E-state index in [1.54, 1.807) is 0 Å². The first-order chi connectivity index (χ1) is 29.4. The van der Waals surface area contributed by atoms with E-state index < -0.39 is 17.9 Å². The summed E-state index contributed by atoms with van der Waals surface area (Å²) in [6, 6.07) is 40.1. The number of unbranched alkanes of at least 4 members (excludes halogenated alkanes) is 10. The number of ether oxygens (including phenoxy) is 2. The van der Waals surface area contributed by atoms with Crippen LogP contribution in [0.2, 0.25) is 0 Å². The Hall–Kier alpha value is -5.88. The molecular formula is C54H55NO5. The number of hydrogen-bond donors (Lipinski definition) is 1. The van der Waals surface area contributed by atoms with Gasteiger partial charge in [0.15, 0.2) is 5.90 Å². The average Bonchev–Trinajstić information content (AvgIpc) is 3.26. The van der Waals surface area contributed by atoms with Crippen LogP contribution in [0.15, 0.2) is 109 Å². The molecule has 0 bridgehead atoms. The molecule has 0 radical (unpaired) electrons. The summed E-state index contributed by atoms with van der Waals surface area (Å²) in [7, 11) is 0. The molecule has 0 aliphatic heterocycles. The molecule has 306 valence electrons. The summed E-state index contributed by atoms with van der Waals surface area (Å²) in [4.78, 5) is 36.7. The van der Waals surface area contributed by atoms with Crippen molar-refractivity contribution in [3.63, 3.8) is 0 Å². The number of aryl methyl sites for hydroxylation is 2. The molecule has 6 heteroatoms. The van der Waals surface area contributed by atoms with Crippen LogP contribution in [0.1, 0.15) is 114 Å². The molecule has 0 atom stereocenters. The van der Waals surface area contributed by atoms with Crippen LogP contribution in [0, 0.1) is 5.41 Å². The van der Waals surface area contributed by atoms with Crippen molar-refractivity contribution in [1.29, 1.82) is 5.41 Å². The second-order valence-corrected chi connectivity index (χ2v) is 16.6. The highest BCUT2D eigenvalue weighted by atomic mass is 16.6. The van der Waals surface area contributed by atoms with Crippen LogP contribution in [0.5, 0.6) is 0 Å². The fraction of sp³-hybridized carbons (Fsp3) is 0.333. The summed E-state index contributed by atoms with van der Waals surface area (Å²) in [6.45, 7) is 0. The van der Waals surface area contributed by atoms with E-state index in [-0.39, 0.29) is 31.6 Å². The van der Waals surface area contributed by atoms with E-state index in [2.05, 4.69) is 109 Å². The minimum Gasteiger partial charge on any atom is -0.412 e. The first-order valence-electron chi connectivity index (χ1n) is 22.3. The third kappa shape index (κ3) is 9.60. The van der Waals surface area contributed by atoms with Gasteiger partial charge < -0.3 is 9.47 Å². The minimum atomic E-state index is -0.688. The molecule has 0 amide bonds. The van der Waals surface area contributed by atoms with Gasteiger partial charge in [-0.15, -0.1) is 0 Å². The van der Waals surface area contributed by atoms with E-state index in [1.807, 2.05) is 0 Å². The van der Waals surface area contributed by atoms with E-state index in [9.17, 15) is 14.4 Å². The van der Waals surface area contributed by atoms with Gasteiger partial charge in [0.25, 0.3) is 0 Å². The van der Waals surface area contributed by atoms with Crippen molar-refractivity contribution in [1.82, 2.24) is 0 Å². The maximum absolute atomic E-state index is 12.3. The van der Waals surface area contributed by atoms with Crippen LogP contribution in [0.3, 0.4) is 0 Å². The van der Waals surface area contributed by atoms with Crippen LogP contribution >= 0.6 is 0 Å². The molecule has 8 aromatic carbocycles. The van der Waals surface area contributed by atoms with Gasteiger partial charge in [-0.1, -0.05) is 161 Å². The van der Waals surface area contributed by atoms with E-state index in [0.29, 0.717) is 12.8 Å². The number of nitrogens with one attached hydrogen (secondary N) is 1. The van der Waals surface area contributed by atoms with Gasteiger partial charge in [0.1, 0.15) is 0 Å². The minimum absolute atomic E-state index is 0.0709. The van der Waals surface area contributed by atoms with E-state index >= 15 is 0 Å².